The molecule has 2 rings (SSSR count). The molecule has 0 spiro atoms. The predicted octanol–water partition coefficient (Wildman–Crippen LogP) is 2.12. The molecule has 0 heterocycles. The second-order valence-electron chi connectivity index (χ2n) is 6.17. The SMILES string of the molecule is OCC(Cc1ccccc1)NCC1(CO)CCCCC1. The lowest BCUT2D eigenvalue weighted by atomic mass is 9.74. The third-order valence-corrected chi connectivity index (χ3v) is 4.56. The lowest BCUT2D eigenvalue weighted by Crippen LogP contribution is -2.45. The Bertz CT molecular complexity index is 374. The maximum atomic E-state index is 9.71. The highest BCUT2D eigenvalue weighted by molar-refractivity contribution is 5.15. The van der Waals surface area contributed by atoms with Gasteiger partial charge in [0.2, 0.25) is 0 Å². The first-order valence-corrected chi connectivity index (χ1v) is 7.77. The Morgan fingerprint density at radius 3 is 2.35 bits per heavy atom. The van der Waals surface area contributed by atoms with E-state index in [1.165, 1.54) is 24.8 Å². The zero-order chi connectivity index (χ0) is 14.3. The molecule has 1 unspecified atom stereocenters. The quantitative estimate of drug-likeness (QED) is 0.715. The lowest BCUT2D eigenvalue weighted by molar-refractivity contribution is 0.0749. The van der Waals surface area contributed by atoms with Crippen LogP contribution in [0.25, 0.3) is 0 Å². The average Bonchev–Trinajstić information content (AvgIpc) is 2.53. The third kappa shape index (κ3) is 4.30. The van der Waals surface area contributed by atoms with Crippen LogP contribution in [-0.2, 0) is 6.42 Å². The molecule has 0 amide bonds. The van der Waals surface area contributed by atoms with Crippen LogP contribution in [-0.4, -0.2) is 36.0 Å². The lowest BCUT2D eigenvalue weighted by Gasteiger charge is -2.37. The van der Waals surface area contributed by atoms with E-state index in [4.69, 9.17) is 0 Å². The van der Waals surface area contributed by atoms with Crippen molar-refractivity contribution in [3.63, 3.8) is 0 Å². The molecule has 0 bridgehead atoms. The first-order valence-electron chi connectivity index (χ1n) is 7.77. The molecule has 0 radical (unpaired) electrons. The van der Waals surface area contributed by atoms with Crippen molar-refractivity contribution < 1.29 is 10.2 Å². The highest BCUT2D eigenvalue weighted by Gasteiger charge is 2.31. The smallest absolute Gasteiger partial charge is 0.0587 e. The summed E-state index contributed by atoms with van der Waals surface area (Å²) in [6, 6.07) is 10.3. The highest BCUT2D eigenvalue weighted by Crippen LogP contribution is 2.35. The minimum absolute atomic E-state index is 0.0301. The van der Waals surface area contributed by atoms with Gasteiger partial charge in [-0.15, -0.1) is 0 Å². The normalized spacial score (nSPS) is 19.7. The van der Waals surface area contributed by atoms with E-state index >= 15 is 0 Å². The molecule has 1 aliphatic carbocycles. The molecule has 1 aromatic rings. The molecule has 1 fully saturated rings. The molecule has 1 atom stereocenters. The first-order chi connectivity index (χ1) is 9.78. The molecular formula is C17H27NO2. The average molecular weight is 277 g/mol. The maximum absolute atomic E-state index is 9.71. The van der Waals surface area contributed by atoms with Crippen LogP contribution >= 0.6 is 0 Å². The summed E-state index contributed by atoms with van der Waals surface area (Å²) in [6.07, 6.45) is 6.74. The molecule has 0 aromatic heterocycles. The highest BCUT2D eigenvalue weighted by atomic mass is 16.3. The maximum Gasteiger partial charge on any atom is 0.0587 e. The van der Waals surface area contributed by atoms with Gasteiger partial charge in [0, 0.05) is 24.6 Å². The van der Waals surface area contributed by atoms with Crippen molar-refractivity contribution >= 4 is 0 Å². The fraction of sp³-hybridized carbons (Fsp3) is 0.647. The Labute approximate surface area is 122 Å². The Hall–Kier alpha value is -0.900. The summed E-state index contributed by atoms with van der Waals surface area (Å²) in [6.45, 7) is 1.20. The number of aliphatic hydroxyl groups is 2. The van der Waals surface area contributed by atoms with Crippen LogP contribution in [0.5, 0.6) is 0 Å². The van der Waals surface area contributed by atoms with E-state index in [0.29, 0.717) is 0 Å². The van der Waals surface area contributed by atoms with E-state index in [1.54, 1.807) is 0 Å². The van der Waals surface area contributed by atoms with Crippen LogP contribution < -0.4 is 5.32 Å². The summed E-state index contributed by atoms with van der Waals surface area (Å²) >= 11 is 0. The fourth-order valence-corrected chi connectivity index (χ4v) is 3.15. The number of benzene rings is 1. The summed E-state index contributed by atoms with van der Waals surface area (Å²) in [5.74, 6) is 0. The Kier molecular flexibility index (Phi) is 6.02. The zero-order valence-corrected chi connectivity index (χ0v) is 12.2. The molecule has 0 saturated heterocycles. The Morgan fingerprint density at radius 1 is 1.05 bits per heavy atom. The number of nitrogens with one attached hydrogen (secondary N) is 1. The van der Waals surface area contributed by atoms with Gasteiger partial charge in [0.15, 0.2) is 0 Å². The van der Waals surface area contributed by atoms with Crippen LogP contribution in [0.1, 0.15) is 37.7 Å². The Morgan fingerprint density at radius 2 is 1.75 bits per heavy atom. The van der Waals surface area contributed by atoms with Crippen molar-refractivity contribution in [1.82, 2.24) is 5.32 Å². The minimum atomic E-state index is 0.0301. The van der Waals surface area contributed by atoms with Gasteiger partial charge in [0.05, 0.1) is 6.61 Å². The van der Waals surface area contributed by atoms with E-state index < -0.39 is 0 Å². The van der Waals surface area contributed by atoms with E-state index in [2.05, 4.69) is 17.4 Å². The van der Waals surface area contributed by atoms with Gasteiger partial charge in [0.25, 0.3) is 0 Å². The molecule has 3 N–H and O–H groups in total. The van der Waals surface area contributed by atoms with E-state index in [-0.39, 0.29) is 24.7 Å². The molecule has 20 heavy (non-hydrogen) atoms. The van der Waals surface area contributed by atoms with Crippen molar-refractivity contribution in [2.24, 2.45) is 5.41 Å². The van der Waals surface area contributed by atoms with Gasteiger partial charge < -0.3 is 15.5 Å². The van der Waals surface area contributed by atoms with Gasteiger partial charge in [-0.25, -0.2) is 0 Å². The summed E-state index contributed by atoms with van der Waals surface area (Å²) in [5, 5.41) is 22.7. The number of rotatable bonds is 7. The fourth-order valence-electron chi connectivity index (χ4n) is 3.15. The number of hydrogen-bond donors (Lipinski definition) is 3. The summed E-state index contributed by atoms with van der Waals surface area (Å²) in [4.78, 5) is 0. The van der Waals surface area contributed by atoms with Gasteiger partial charge in [-0.3, -0.25) is 0 Å². The van der Waals surface area contributed by atoms with Crippen molar-refractivity contribution in [2.45, 2.75) is 44.6 Å². The Balaban J connectivity index is 1.86. The zero-order valence-electron chi connectivity index (χ0n) is 12.2. The summed E-state index contributed by atoms with van der Waals surface area (Å²) < 4.78 is 0. The third-order valence-electron chi connectivity index (χ3n) is 4.56. The van der Waals surface area contributed by atoms with E-state index in [1.807, 2.05) is 18.2 Å². The molecule has 0 aliphatic heterocycles. The van der Waals surface area contributed by atoms with Crippen molar-refractivity contribution in [2.75, 3.05) is 19.8 Å². The van der Waals surface area contributed by atoms with Crippen LogP contribution in [0.4, 0.5) is 0 Å². The van der Waals surface area contributed by atoms with Crippen molar-refractivity contribution in [1.29, 1.82) is 0 Å². The van der Waals surface area contributed by atoms with E-state index in [0.717, 1.165) is 25.8 Å². The van der Waals surface area contributed by atoms with Crippen LogP contribution in [0.15, 0.2) is 30.3 Å². The molecule has 1 aliphatic rings. The molecule has 112 valence electrons. The summed E-state index contributed by atoms with van der Waals surface area (Å²) in [5.41, 5.74) is 1.27. The molecule has 3 heteroatoms. The molecule has 1 saturated carbocycles. The molecule has 1 aromatic carbocycles. The van der Waals surface area contributed by atoms with Crippen molar-refractivity contribution in [3.05, 3.63) is 35.9 Å². The second kappa shape index (κ2) is 7.77. The minimum Gasteiger partial charge on any atom is -0.396 e. The van der Waals surface area contributed by atoms with E-state index in [9.17, 15) is 10.2 Å². The molecular weight excluding hydrogens is 250 g/mol. The summed E-state index contributed by atoms with van der Waals surface area (Å²) in [7, 11) is 0. The van der Waals surface area contributed by atoms with Crippen LogP contribution in [0.2, 0.25) is 0 Å². The molecule has 3 nitrogen and oxygen atoms in total. The van der Waals surface area contributed by atoms with Gasteiger partial charge in [0.1, 0.15) is 0 Å². The van der Waals surface area contributed by atoms with Gasteiger partial charge >= 0.3 is 0 Å². The number of aliphatic hydroxyl groups excluding tert-OH is 2. The topological polar surface area (TPSA) is 52.5 Å². The van der Waals surface area contributed by atoms with Gasteiger partial charge in [-0.05, 0) is 24.8 Å². The van der Waals surface area contributed by atoms with Gasteiger partial charge in [-0.2, -0.15) is 0 Å². The standard InChI is InChI=1S/C17H27NO2/c19-12-16(11-15-7-3-1-4-8-15)18-13-17(14-20)9-5-2-6-10-17/h1,3-4,7-8,16,18-20H,2,5-6,9-14H2. The monoisotopic (exact) mass is 277 g/mol. The van der Waals surface area contributed by atoms with Crippen molar-refractivity contribution in [3.8, 4) is 0 Å². The number of hydrogen-bond acceptors (Lipinski definition) is 3. The van der Waals surface area contributed by atoms with Crippen LogP contribution in [0.3, 0.4) is 0 Å². The van der Waals surface area contributed by atoms with Crippen LogP contribution in [0, 0.1) is 5.41 Å². The predicted molar refractivity (Wildman–Crippen MR) is 81.6 cm³/mol. The second-order valence-corrected chi connectivity index (χ2v) is 6.17. The van der Waals surface area contributed by atoms with Gasteiger partial charge in [-0.1, -0.05) is 49.6 Å². The first kappa shape index (κ1) is 15.5. The largest absolute Gasteiger partial charge is 0.396 e.